The molecule has 18 heavy (non-hydrogen) atoms. The van der Waals surface area contributed by atoms with Crippen LogP contribution in [-0.2, 0) is 16.0 Å². The minimum atomic E-state index is 0.0545. The molecule has 1 amide bonds. The van der Waals surface area contributed by atoms with Crippen molar-refractivity contribution < 1.29 is 14.6 Å². The molecular weight excluding hydrogens is 234 g/mol. The fourth-order valence-electron chi connectivity index (χ4n) is 2.15. The maximum absolute atomic E-state index is 12.0. The summed E-state index contributed by atoms with van der Waals surface area (Å²) in [4.78, 5) is 13.8. The van der Waals surface area contributed by atoms with E-state index in [4.69, 9.17) is 9.84 Å². The Morgan fingerprint density at radius 2 is 2.33 bits per heavy atom. The molecule has 100 valence electrons. The second-order valence-corrected chi connectivity index (χ2v) is 4.43. The molecule has 1 fully saturated rings. The fourth-order valence-corrected chi connectivity index (χ4v) is 2.15. The molecule has 0 unspecified atom stereocenters. The molecule has 1 aromatic rings. The Hall–Kier alpha value is -1.40. The van der Waals surface area contributed by atoms with Crippen LogP contribution in [0, 0.1) is 0 Å². The Morgan fingerprint density at radius 3 is 2.94 bits per heavy atom. The lowest BCUT2D eigenvalue weighted by molar-refractivity contribution is -0.133. The predicted octanol–water partition coefficient (Wildman–Crippen LogP) is -0.0479. The minimum absolute atomic E-state index is 0.0545. The molecule has 2 rings (SSSR count). The van der Waals surface area contributed by atoms with Gasteiger partial charge in [0, 0.05) is 25.0 Å². The summed E-state index contributed by atoms with van der Waals surface area (Å²) < 4.78 is 5.46. The van der Waals surface area contributed by atoms with Crippen LogP contribution in [0.5, 0.6) is 0 Å². The topological polar surface area (TPSA) is 78.5 Å². The maximum Gasteiger partial charge on any atom is 0.228 e. The summed E-state index contributed by atoms with van der Waals surface area (Å²) in [5, 5.41) is 15.3. The van der Waals surface area contributed by atoms with Gasteiger partial charge in [0.2, 0.25) is 5.91 Å². The number of nitrogens with zero attached hydrogens (tertiary/aromatic N) is 2. The largest absolute Gasteiger partial charge is 0.394 e. The van der Waals surface area contributed by atoms with Gasteiger partial charge in [-0.3, -0.25) is 9.89 Å². The number of H-pyrrole nitrogens is 1. The molecule has 1 aromatic heterocycles. The van der Waals surface area contributed by atoms with Gasteiger partial charge in [0.15, 0.2) is 0 Å². The number of carbonyl (C=O) groups is 1. The summed E-state index contributed by atoms with van der Waals surface area (Å²) in [6, 6.07) is 1.81. The first-order valence-corrected chi connectivity index (χ1v) is 6.28. The number of hydrogen-bond donors (Lipinski definition) is 2. The smallest absolute Gasteiger partial charge is 0.228 e. The van der Waals surface area contributed by atoms with E-state index in [2.05, 4.69) is 10.2 Å². The van der Waals surface area contributed by atoms with Crippen LogP contribution in [0.25, 0.3) is 0 Å². The molecule has 2 N–H and O–H groups in total. The standard InChI is InChI=1S/C12H19N3O3/c16-7-8-18-11-2-5-15(6-3-11)12(17)9-10-1-4-13-14-10/h1,4,11,16H,2-3,5-9H2,(H,13,14). The van der Waals surface area contributed by atoms with Crippen LogP contribution in [0.3, 0.4) is 0 Å². The van der Waals surface area contributed by atoms with Gasteiger partial charge < -0.3 is 14.7 Å². The zero-order valence-electron chi connectivity index (χ0n) is 10.3. The molecule has 0 bridgehead atoms. The first kappa shape index (κ1) is 13.0. The Balaban J connectivity index is 1.73. The van der Waals surface area contributed by atoms with E-state index >= 15 is 0 Å². The highest BCUT2D eigenvalue weighted by Gasteiger charge is 2.23. The highest BCUT2D eigenvalue weighted by molar-refractivity contribution is 5.78. The van der Waals surface area contributed by atoms with E-state index < -0.39 is 0 Å². The number of aliphatic hydroxyl groups is 1. The van der Waals surface area contributed by atoms with Crippen molar-refractivity contribution in [3.63, 3.8) is 0 Å². The molecule has 0 aliphatic carbocycles. The zero-order valence-corrected chi connectivity index (χ0v) is 10.3. The van der Waals surface area contributed by atoms with Crippen molar-refractivity contribution in [1.82, 2.24) is 15.1 Å². The number of likely N-dealkylation sites (tertiary alicyclic amines) is 1. The zero-order chi connectivity index (χ0) is 12.8. The lowest BCUT2D eigenvalue weighted by Crippen LogP contribution is -2.41. The first-order valence-electron chi connectivity index (χ1n) is 6.28. The van der Waals surface area contributed by atoms with Crippen LogP contribution < -0.4 is 0 Å². The maximum atomic E-state index is 12.0. The SMILES string of the molecule is O=C(Cc1ccn[nH]1)N1CCC(OCCO)CC1. The minimum Gasteiger partial charge on any atom is -0.394 e. The van der Waals surface area contributed by atoms with Crippen molar-refractivity contribution in [1.29, 1.82) is 0 Å². The fraction of sp³-hybridized carbons (Fsp3) is 0.667. The van der Waals surface area contributed by atoms with Crippen molar-refractivity contribution in [3.8, 4) is 0 Å². The Morgan fingerprint density at radius 1 is 1.56 bits per heavy atom. The Kier molecular flexibility index (Phi) is 4.72. The third-order valence-electron chi connectivity index (χ3n) is 3.14. The molecule has 1 saturated heterocycles. The average Bonchev–Trinajstić information content (AvgIpc) is 2.89. The third kappa shape index (κ3) is 3.54. The molecule has 0 aromatic carbocycles. The van der Waals surface area contributed by atoms with Crippen molar-refractivity contribution >= 4 is 5.91 Å². The normalized spacial score (nSPS) is 17.1. The molecule has 6 nitrogen and oxygen atoms in total. The highest BCUT2D eigenvalue weighted by Crippen LogP contribution is 2.14. The van der Waals surface area contributed by atoms with Gasteiger partial charge in [-0.25, -0.2) is 0 Å². The molecule has 0 atom stereocenters. The molecule has 6 heteroatoms. The third-order valence-corrected chi connectivity index (χ3v) is 3.14. The summed E-state index contributed by atoms with van der Waals surface area (Å²) in [6.45, 7) is 1.89. The number of hydrogen-bond acceptors (Lipinski definition) is 4. The van der Waals surface area contributed by atoms with E-state index in [1.807, 2.05) is 11.0 Å². The number of piperidine rings is 1. The van der Waals surface area contributed by atoms with Crippen LogP contribution in [0.2, 0.25) is 0 Å². The lowest BCUT2D eigenvalue weighted by atomic mass is 10.1. The molecular formula is C12H19N3O3. The number of aromatic nitrogens is 2. The monoisotopic (exact) mass is 253 g/mol. The second kappa shape index (κ2) is 6.51. The van der Waals surface area contributed by atoms with Gasteiger partial charge in [0.05, 0.1) is 25.7 Å². The van der Waals surface area contributed by atoms with Crippen molar-refractivity contribution in [3.05, 3.63) is 18.0 Å². The van der Waals surface area contributed by atoms with Gasteiger partial charge in [0.1, 0.15) is 0 Å². The van der Waals surface area contributed by atoms with Crippen LogP contribution in [-0.4, -0.2) is 58.5 Å². The van der Waals surface area contributed by atoms with Gasteiger partial charge in [-0.05, 0) is 18.9 Å². The van der Waals surface area contributed by atoms with Gasteiger partial charge in [0.25, 0.3) is 0 Å². The van der Waals surface area contributed by atoms with Crippen molar-refractivity contribution in [2.45, 2.75) is 25.4 Å². The van der Waals surface area contributed by atoms with Gasteiger partial charge in [-0.15, -0.1) is 0 Å². The number of carbonyl (C=O) groups excluding carboxylic acids is 1. The number of ether oxygens (including phenoxy) is 1. The molecule has 0 spiro atoms. The summed E-state index contributed by atoms with van der Waals surface area (Å²) in [7, 11) is 0. The predicted molar refractivity (Wildman–Crippen MR) is 64.9 cm³/mol. The van der Waals surface area contributed by atoms with Gasteiger partial charge in [-0.2, -0.15) is 5.10 Å². The number of nitrogens with one attached hydrogen (secondary N) is 1. The average molecular weight is 253 g/mol. The van der Waals surface area contributed by atoms with Crippen LogP contribution in [0.4, 0.5) is 0 Å². The Bertz CT molecular complexity index is 359. The van der Waals surface area contributed by atoms with E-state index in [1.54, 1.807) is 6.20 Å². The van der Waals surface area contributed by atoms with Crippen LogP contribution >= 0.6 is 0 Å². The number of aliphatic hydroxyl groups excluding tert-OH is 1. The Labute approximate surface area is 106 Å². The summed E-state index contributed by atoms with van der Waals surface area (Å²) in [5.41, 5.74) is 0.846. The van der Waals surface area contributed by atoms with Gasteiger partial charge >= 0.3 is 0 Å². The first-order chi connectivity index (χ1) is 8.79. The van der Waals surface area contributed by atoms with E-state index in [0.717, 1.165) is 31.6 Å². The second-order valence-electron chi connectivity index (χ2n) is 4.43. The summed E-state index contributed by atoms with van der Waals surface area (Å²) >= 11 is 0. The van der Waals surface area contributed by atoms with Gasteiger partial charge in [-0.1, -0.05) is 0 Å². The molecule has 0 radical (unpaired) electrons. The quantitative estimate of drug-likeness (QED) is 0.771. The lowest BCUT2D eigenvalue weighted by Gasteiger charge is -2.31. The van der Waals surface area contributed by atoms with Crippen LogP contribution in [0.1, 0.15) is 18.5 Å². The number of aromatic amines is 1. The van der Waals surface area contributed by atoms with Crippen molar-refractivity contribution in [2.24, 2.45) is 0 Å². The molecule has 1 aliphatic rings. The number of amides is 1. The van der Waals surface area contributed by atoms with E-state index in [1.165, 1.54) is 0 Å². The molecule has 0 saturated carbocycles. The van der Waals surface area contributed by atoms with E-state index in [-0.39, 0.29) is 18.6 Å². The van der Waals surface area contributed by atoms with Crippen LogP contribution in [0.15, 0.2) is 12.3 Å². The number of rotatable bonds is 5. The van der Waals surface area contributed by atoms with E-state index in [0.29, 0.717) is 13.0 Å². The van der Waals surface area contributed by atoms with E-state index in [9.17, 15) is 4.79 Å². The molecule has 2 heterocycles. The summed E-state index contributed by atoms with van der Waals surface area (Å²) in [5.74, 6) is 0.125. The van der Waals surface area contributed by atoms with Crippen molar-refractivity contribution in [2.75, 3.05) is 26.3 Å². The highest BCUT2D eigenvalue weighted by atomic mass is 16.5. The molecule has 1 aliphatic heterocycles. The summed E-state index contributed by atoms with van der Waals surface area (Å²) in [6.07, 6.45) is 3.89.